The van der Waals surface area contributed by atoms with E-state index in [0.29, 0.717) is 16.5 Å². The van der Waals surface area contributed by atoms with Crippen LogP contribution in [-0.2, 0) is 0 Å². The molecule has 19 heavy (non-hydrogen) atoms. The highest BCUT2D eigenvalue weighted by Gasteiger charge is 2.20. The Morgan fingerprint density at radius 1 is 1.63 bits per heavy atom. The minimum atomic E-state index is -0.00252. The summed E-state index contributed by atoms with van der Waals surface area (Å²) in [5, 5.41) is 4.43. The second-order valence-corrected chi connectivity index (χ2v) is 6.76. The fourth-order valence-electron chi connectivity index (χ4n) is 2.38. The lowest BCUT2D eigenvalue weighted by atomic mass is 10.1. The van der Waals surface area contributed by atoms with Crippen molar-refractivity contribution >= 4 is 27.8 Å². The Hall–Kier alpha value is -1.07. The molecule has 0 saturated carbocycles. The van der Waals surface area contributed by atoms with Gasteiger partial charge in [0.15, 0.2) is 5.78 Å². The van der Waals surface area contributed by atoms with Crippen molar-refractivity contribution in [2.24, 2.45) is 11.8 Å². The molecule has 2 rings (SSSR count). The molecule has 1 unspecified atom stereocenters. The van der Waals surface area contributed by atoms with E-state index in [0.717, 1.165) is 18.1 Å². The quantitative estimate of drug-likeness (QED) is 0.814. The van der Waals surface area contributed by atoms with Crippen molar-refractivity contribution in [3.63, 3.8) is 0 Å². The monoisotopic (exact) mass is 281 g/mol. The zero-order chi connectivity index (χ0) is 14.0. The van der Waals surface area contributed by atoms with E-state index < -0.39 is 0 Å². The summed E-state index contributed by atoms with van der Waals surface area (Å²) in [4.78, 5) is 15.0. The molecule has 4 nitrogen and oxygen atoms in total. The number of rotatable bonds is 5. The number of carbonyl (C=O) groups is 1. The lowest BCUT2D eigenvalue weighted by molar-refractivity contribution is 0.0944. The average Bonchev–Trinajstić information content (AvgIpc) is 2.92. The first-order valence-electron chi connectivity index (χ1n) is 6.83. The summed E-state index contributed by atoms with van der Waals surface area (Å²) in [5.74, 6) is 0.825. The van der Waals surface area contributed by atoms with Crippen LogP contribution in [0.2, 0.25) is 0 Å². The van der Waals surface area contributed by atoms with Gasteiger partial charge in [-0.1, -0.05) is 13.8 Å². The molecule has 1 aromatic heterocycles. The lowest BCUT2D eigenvalue weighted by Crippen LogP contribution is -2.18. The van der Waals surface area contributed by atoms with Crippen molar-refractivity contribution in [1.29, 1.82) is 0 Å². The first-order chi connectivity index (χ1) is 8.97. The van der Waals surface area contributed by atoms with E-state index in [1.54, 1.807) is 0 Å². The predicted octanol–water partition coefficient (Wildman–Crippen LogP) is 2.53. The SMILES string of the molecule is CC(C)C(=O)c1sc(NCC2CCN(C)C2)cc1N. The van der Waals surface area contributed by atoms with Crippen LogP contribution >= 0.6 is 11.3 Å². The third-order valence-corrected chi connectivity index (χ3v) is 4.69. The van der Waals surface area contributed by atoms with Gasteiger partial charge in [-0.3, -0.25) is 4.79 Å². The van der Waals surface area contributed by atoms with Gasteiger partial charge in [0.25, 0.3) is 0 Å². The molecule has 1 aliphatic rings. The molecule has 1 saturated heterocycles. The van der Waals surface area contributed by atoms with Gasteiger partial charge in [-0.15, -0.1) is 11.3 Å². The number of likely N-dealkylation sites (tertiary alicyclic amines) is 1. The molecule has 1 aromatic rings. The van der Waals surface area contributed by atoms with E-state index in [4.69, 9.17) is 5.73 Å². The fraction of sp³-hybridized carbons (Fsp3) is 0.643. The van der Waals surface area contributed by atoms with E-state index in [1.165, 1.54) is 24.3 Å². The standard InChI is InChI=1S/C14H23N3OS/c1-9(2)13(18)14-11(15)6-12(19-14)16-7-10-4-5-17(3)8-10/h6,9-10,16H,4-5,7-8,15H2,1-3H3. The first kappa shape index (κ1) is 14.3. The van der Waals surface area contributed by atoms with Gasteiger partial charge < -0.3 is 16.0 Å². The van der Waals surface area contributed by atoms with Crippen molar-refractivity contribution in [2.45, 2.75) is 20.3 Å². The molecule has 1 fully saturated rings. The number of anilines is 2. The maximum atomic E-state index is 12.0. The fourth-order valence-corrected chi connectivity index (χ4v) is 3.46. The minimum absolute atomic E-state index is 0.00252. The third-order valence-electron chi connectivity index (χ3n) is 3.56. The molecule has 0 aliphatic carbocycles. The molecule has 0 spiro atoms. The summed E-state index contributed by atoms with van der Waals surface area (Å²) in [7, 11) is 2.16. The van der Waals surface area contributed by atoms with Crippen LogP contribution in [0.5, 0.6) is 0 Å². The van der Waals surface area contributed by atoms with Gasteiger partial charge in [-0.05, 0) is 32.0 Å². The second kappa shape index (κ2) is 5.92. The Balaban J connectivity index is 1.95. The Bertz CT molecular complexity index is 456. The second-order valence-electron chi connectivity index (χ2n) is 5.71. The van der Waals surface area contributed by atoms with Crippen LogP contribution in [0.3, 0.4) is 0 Å². The zero-order valence-corrected chi connectivity index (χ0v) is 12.7. The number of carbonyl (C=O) groups excluding carboxylic acids is 1. The molecule has 0 aromatic carbocycles. The highest BCUT2D eigenvalue weighted by Crippen LogP contribution is 2.31. The Morgan fingerprint density at radius 3 is 2.95 bits per heavy atom. The Kier molecular flexibility index (Phi) is 4.47. The van der Waals surface area contributed by atoms with Gasteiger partial charge in [-0.25, -0.2) is 0 Å². The summed E-state index contributed by atoms with van der Waals surface area (Å²) in [5.41, 5.74) is 6.53. The molecule has 0 bridgehead atoms. The van der Waals surface area contributed by atoms with Crippen LogP contribution in [-0.4, -0.2) is 37.4 Å². The average molecular weight is 281 g/mol. The van der Waals surface area contributed by atoms with E-state index in [1.807, 2.05) is 19.9 Å². The van der Waals surface area contributed by atoms with Crippen LogP contribution in [0, 0.1) is 11.8 Å². The number of hydrogen-bond acceptors (Lipinski definition) is 5. The minimum Gasteiger partial charge on any atom is -0.397 e. The number of Topliss-reactive ketones (excluding diaryl/α,β-unsaturated/α-hetero) is 1. The molecular formula is C14H23N3OS. The number of hydrogen-bond donors (Lipinski definition) is 2. The molecule has 2 heterocycles. The van der Waals surface area contributed by atoms with Crippen molar-refractivity contribution in [1.82, 2.24) is 4.90 Å². The number of ketones is 1. The molecule has 106 valence electrons. The molecular weight excluding hydrogens is 258 g/mol. The van der Waals surface area contributed by atoms with Crippen LogP contribution in [0.15, 0.2) is 6.07 Å². The summed E-state index contributed by atoms with van der Waals surface area (Å²) in [6.45, 7) is 7.09. The molecule has 3 N–H and O–H groups in total. The van der Waals surface area contributed by atoms with Crippen molar-refractivity contribution in [3.05, 3.63) is 10.9 Å². The van der Waals surface area contributed by atoms with E-state index in [2.05, 4.69) is 17.3 Å². The van der Waals surface area contributed by atoms with Crippen molar-refractivity contribution in [3.8, 4) is 0 Å². The maximum absolute atomic E-state index is 12.0. The predicted molar refractivity (Wildman–Crippen MR) is 82.0 cm³/mol. The number of nitrogens with one attached hydrogen (secondary N) is 1. The zero-order valence-electron chi connectivity index (χ0n) is 11.9. The summed E-state index contributed by atoms with van der Waals surface area (Å²) < 4.78 is 0. The van der Waals surface area contributed by atoms with E-state index in [9.17, 15) is 4.79 Å². The van der Waals surface area contributed by atoms with E-state index in [-0.39, 0.29) is 11.7 Å². The van der Waals surface area contributed by atoms with Crippen LogP contribution in [0.4, 0.5) is 10.7 Å². The summed E-state index contributed by atoms with van der Waals surface area (Å²) >= 11 is 1.48. The lowest BCUT2D eigenvalue weighted by Gasteiger charge is -2.11. The highest BCUT2D eigenvalue weighted by molar-refractivity contribution is 7.18. The molecule has 1 atom stereocenters. The smallest absolute Gasteiger partial charge is 0.177 e. The molecule has 0 amide bonds. The highest BCUT2D eigenvalue weighted by atomic mass is 32.1. The number of nitrogens with zero attached hydrogens (tertiary/aromatic N) is 1. The topological polar surface area (TPSA) is 58.4 Å². The van der Waals surface area contributed by atoms with Crippen molar-refractivity contribution in [2.75, 3.05) is 37.7 Å². The normalized spacial score (nSPS) is 20.1. The number of nitrogen functional groups attached to an aromatic ring is 1. The summed E-state index contributed by atoms with van der Waals surface area (Å²) in [6, 6.07) is 1.89. The van der Waals surface area contributed by atoms with Gasteiger partial charge >= 0.3 is 0 Å². The number of nitrogens with two attached hydrogens (primary N) is 1. The van der Waals surface area contributed by atoms with Gasteiger partial charge in [0.2, 0.25) is 0 Å². The molecule has 5 heteroatoms. The third kappa shape index (κ3) is 3.48. The van der Waals surface area contributed by atoms with Crippen LogP contribution in [0.1, 0.15) is 29.9 Å². The van der Waals surface area contributed by atoms with Crippen molar-refractivity contribution < 1.29 is 4.79 Å². The maximum Gasteiger partial charge on any atom is 0.177 e. The largest absolute Gasteiger partial charge is 0.397 e. The Labute approximate surface area is 119 Å². The van der Waals surface area contributed by atoms with Gasteiger partial charge in [0.05, 0.1) is 15.6 Å². The number of thiophene rings is 1. The summed E-state index contributed by atoms with van der Waals surface area (Å²) in [6.07, 6.45) is 1.24. The molecule has 0 radical (unpaired) electrons. The van der Waals surface area contributed by atoms with E-state index >= 15 is 0 Å². The molecule has 1 aliphatic heterocycles. The van der Waals surface area contributed by atoms with Gasteiger partial charge in [0.1, 0.15) is 0 Å². The van der Waals surface area contributed by atoms with Gasteiger partial charge in [-0.2, -0.15) is 0 Å². The van der Waals surface area contributed by atoms with Crippen LogP contribution < -0.4 is 11.1 Å². The Morgan fingerprint density at radius 2 is 2.37 bits per heavy atom. The van der Waals surface area contributed by atoms with Gasteiger partial charge in [0, 0.05) is 19.0 Å². The first-order valence-corrected chi connectivity index (χ1v) is 7.65. The van der Waals surface area contributed by atoms with Crippen LogP contribution in [0.25, 0.3) is 0 Å².